The van der Waals surface area contributed by atoms with E-state index in [9.17, 15) is 0 Å². The lowest BCUT2D eigenvalue weighted by Gasteiger charge is -2.12. The number of nitrogens with one attached hydrogen (secondary N) is 1. The lowest BCUT2D eigenvalue weighted by molar-refractivity contribution is 0.448. The molecule has 0 aliphatic heterocycles. The van der Waals surface area contributed by atoms with Crippen molar-refractivity contribution >= 4 is 0 Å². The van der Waals surface area contributed by atoms with Crippen LogP contribution >= 0.6 is 0 Å². The van der Waals surface area contributed by atoms with Gasteiger partial charge in [0.15, 0.2) is 0 Å². The summed E-state index contributed by atoms with van der Waals surface area (Å²) in [7, 11) is 0. The molecule has 0 fully saturated rings. The summed E-state index contributed by atoms with van der Waals surface area (Å²) in [6.07, 6.45) is 3.44. The van der Waals surface area contributed by atoms with Crippen LogP contribution in [0.2, 0.25) is 0 Å². The molecule has 0 amide bonds. The zero-order valence-electron chi connectivity index (χ0n) is 11.6. The first kappa shape index (κ1) is 13.5. The fourth-order valence-corrected chi connectivity index (χ4v) is 1.59. The molecule has 4 heteroatoms. The molecule has 0 saturated heterocycles. The van der Waals surface area contributed by atoms with E-state index in [2.05, 4.69) is 29.1 Å². The maximum Gasteiger partial charge on any atom is 0.223 e. The molecule has 0 aliphatic rings. The van der Waals surface area contributed by atoms with Gasteiger partial charge >= 0.3 is 0 Å². The number of nitrogens with zero attached hydrogens (tertiary/aromatic N) is 2. The Balaban J connectivity index is 2.13. The minimum absolute atomic E-state index is 0.425. The summed E-state index contributed by atoms with van der Waals surface area (Å²) in [4.78, 5) is 8.50. The minimum atomic E-state index is 0.425. The highest BCUT2D eigenvalue weighted by molar-refractivity contribution is 5.31. The maximum absolute atomic E-state index is 5.78. The Morgan fingerprint density at radius 1 is 1.21 bits per heavy atom. The molecule has 0 radical (unpaired) electrons. The first-order valence-corrected chi connectivity index (χ1v) is 6.43. The van der Waals surface area contributed by atoms with Crippen molar-refractivity contribution in [3.8, 4) is 11.6 Å². The zero-order chi connectivity index (χ0) is 13.7. The van der Waals surface area contributed by atoms with E-state index in [1.165, 1.54) is 0 Å². The van der Waals surface area contributed by atoms with E-state index in [0.717, 1.165) is 17.8 Å². The molecule has 1 N–H and O–H groups in total. The van der Waals surface area contributed by atoms with E-state index in [4.69, 9.17) is 4.74 Å². The van der Waals surface area contributed by atoms with Gasteiger partial charge < -0.3 is 10.1 Å². The number of hydrogen-bond acceptors (Lipinski definition) is 4. The maximum atomic E-state index is 5.78. The lowest BCUT2D eigenvalue weighted by Crippen LogP contribution is -2.22. The van der Waals surface area contributed by atoms with Gasteiger partial charge in [0.05, 0.1) is 6.20 Å². The van der Waals surface area contributed by atoms with E-state index in [0.29, 0.717) is 17.7 Å². The molecular weight excluding hydrogens is 238 g/mol. The molecule has 100 valence electrons. The highest BCUT2D eigenvalue weighted by atomic mass is 16.5. The van der Waals surface area contributed by atoms with E-state index >= 15 is 0 Å². The molecule has 0 bridgehead atoms. The summed E-state index contributed by atoms with van der Waals surface area (Å²) >= 11 is 0. The van der Waals surface area contributed by atoms with Crippen LogP contribution < -0.4 is 10.1 Å². The molecule has 2 aromatic rings. The predicted octanol–water partition coefficient (Wildman–Crippen LogP) is 3.08. The Hall–Kier alpha value is -1.94. The number of rotatable bonds is 5. The standard InChI is InChI=1S/C15H19N3O/c1-11(2)17-9-13-5-4-8-16-15(13)19-14-7-6-12(3)18-10-14/h4-8,10-11,17H,9H2,1-3H3. The SMILES string of the molecule is Cc1ccc(Oc2ncccc2CNC(C)C)cn1. The second-order valence-corrected chi connectivity index (χ2v) is 4.74. The first-order valence-electron chi connectivity index (χ1n) is 6.43. The van der Waals surface area contributed by atoms with Gasteiger partial charge in [0, 0.05) is 30.0 Å². The molecule has 2 heterocycles. The minimum Gasteiger partial charge on any atom is -0.437 e. The van der Waals surface area contributed by atoms with Crippen molar-refractivity contribution in [2.45, 2.75) is 33.4 Å². The fourth-order valence-electron chi connectivity index (χ4n) is 1.59. The van der Waals surface area contributed by atoms with Gasteiger partial charge in [-0.2, -0.15) is 0 Å². The fraction of sp³-hybridized carbons (Fsp3) is 0.333. The molecule has 4 nitrogen and oxygen atoms in total. The molecule has 0 saturated carbocycles. The van der Waals surface area contributed by atoms with Crippen LogP contribution in [0.3, 0.4) is 0 Å². The quantitative estimate of drug-likeness (QED) is 0.894. The number of pyridine rings is 2. The number of hydrogen-bond donors (Lipinski definition) is 1. The molecule has 2 rings (SSSR count). The Kier molecular flexibility index (Phi) is 4.47. The Morgan fingerprint density at radius 2 is 2.05 bits per heavy atom. The topological polar surface area (TPSA) is 47.0 Å². The average Bonchev–Trinajstić information content (AvgIpc) is 2.40. The second-order valence-electron chi connectivity index (χ2n) is 4.74. The van der Waals surface area contributed by atoms with E-state index in [1.54, 1.807) is 12.4 Å². The lowest BCUT2D eigenvalue weighted by atomic mass is 10.2. The third kappa shape index (κ3) is 4.03. The summed E-state index contributed by atoms with van der Waals surface area (Å²) in [5.74, 6) is 1.33. The van der Waals surface area contributed by atoms with Crippen LogP contribution in [-0.4, -0.2) is 16.0 Å². The summed E-state index contributed by atoms with van der Waals surface area (Å²) in [6.45, 7) is 6.91. The highest BCUT2D eigenvalue weighted by Crippen LogP contribution is 2.22. The van der Waals surface area contributed by atoms with Gasteiger partial charge in [-0.05, 0) is 25.1 Å². The normalized spacial score (nSPS) is 10.7. The highest BCUT2D eigenvalue weighted by Gasteiger charge is 2.06. The van der Waals surface area contributed by atoms with Gasteiger partial charge in [0.1, 0.15) is 5.75 Å². The van der Waals surface area contributed by atoms with Crippen LogP contribution in [0.5, 0.6) is 11.6 Å². The Bertz CT molecular complexity index is 523. The van der Waals surface area contributed by atoms with Crippen LogP contribution in [0.25, 0.3) is 0 Å². The average molecular weight is 257 g/mol. The van der Waals surface area contributed by atoms with Gasteiger partial charge in [0.25, 0.3) is 0 Å². The van der Waals surface area contributed by atoms with Gasteiger partial charge in [-0.1, -0.05) is 19.9 Å². The number of aromatic nitrogens is 2. The zero-order valence-corrected chi connectivity index (χ0v) is 11.6. The van der Waals surface area contributed by atoms with Crippen LogP contribution in [0.1, 0.15) is 25.1 Å². The van der Waals surface area contributed by atoms with Crippen molar-refractivity contribution in [1.29, 1.82) is 0 Å². The van der Waals surface area contributed by atoms with E-state index in [1.807, 2.05) is 31.2 Å². The van der Waals surface area contributed by atoms with Crippen LogP contribution in [0.15, 0.2) is 36.7 Å². The van der Waals surface area contributed by atoms with Crippen molar-refractivity contribution in [2.24, 2.45) is 0 Å². The van der Waals surface area contributed by atoms with Gasteiger partial charge in [-0.15, -0.1) is 0 Å². The van der Waals surface area contributed by atoms with Crippen molar-refractivity contribution in [3.63, 3.8) is 0 Å². The largest absolute Gasteiger partial charge is 0.437 e. The Labute approximate surface area is 113 Å². The van der Waals surface area contributed by atoms with Gasteiger partial charge in [-0.3, -0.25) is 4.98 Å². The van der Waals surface area contributed by atoms with Crippen molar-refractivity contribution in [3.05, 3.63) is 47.9 Å². The number of ether oxygens (including phenoxy) is 1. The summed E-state index contributed by atoms with van der Waals surface area (Å²) in [5.41, 5.74) is 2.01. The second kappa shape index (κ2) is 6.29. The summed E-state index contributed by atoms with van der Waals surface area (Å²) in [6, 6.07) is 8.17. The van der Waals surface area contributed by atoms with Crippen molar-refractivity contribution in [2.75, 3.05) is 0 Å². The molecule has 0 unspecified atom stereocenters. The smallest absolute Gasteiger partial charge is 0.223 e. The van der Waals surface area contributed by atoms with Crippen molar-refractivity contribution < 1.29 is 4.74 Å². The number of aryl methyl sites for hydroxylation is 1. The van der Waals surface area contributed by atoms with Crippen LogP contribution in [0.4, 0.5) is 0 Å². The monoisotopic (exact) mass is 257 g/mol. The van der Waals surface area contributed by atoms with Gasteiger partial charge in [-0.25, -0.2) is 4.98 Å². The molecule has 0 atom stereocenters. The van der Waals surface area contributed by atoms with E-state index < -0.39 is 0 Å². The molecule has 19 heavy (non-hydrogen) atoms. The molecule has 0 aliphatic carbocycles. The van der Waals surface area contributed by atoms with E-state index in [-0.39, 0.29) is 0 Å². The summed E-state index contributed by atoms with van der Waals surface area (Å²) in [5, 5.41) is 3.36. The first-order chi connectivity index (χ1) is 9.15. The predicted molar refractivity (Wildman–Crippen MR) is 75.3 cm³/mol. The van der Waals surface area contributed by atoms with Crippen LogP contribution in [0, 0.1) is 6.92 Å². The molecule has 2 aromatic heterocycles. The summed E-state index contributed by atoms with van der Waals surface area (Å²) < 4.78 is 5.78. The van der Waals surface area contributed by atoms with Crippen LogP contribution in [-0.2, 0) is 6.54 Å². The van der Waals surface area contributed by atoms with Crippen molar-refractivity contribution in [1.82, 2.24) is 15.3 Å². The molecule has 0 aromatic carbocycles. The Morgan fingerprint density at radius 3 is 2.74 bits per heavy atom. The van der Waals surface area contributed by atoms with Gasteiger partial charge in [0.2, 0.25) is 5.88 Å². The third-order valence-electron chi connectivity index (χ3n) is 2.65. The third-order valence-corrected chi connectivity index (χ3v) is 2.65. The molecular formula is C15H19N3O. The molecule has 0 spiro atoms.